The van der Waals surface area contributed by atoms with Gasteiger partial charge in [-0.2, -0.15) is 0 Å². The highest BCUT2D eigenvalue weighted by Gasteiger charge is 2.30. The fraction of sp³-hybridized carbons (Fsp3) is 0.194. The van der Waals surface area contributed by atoms with Gasteiger partial charge < -0.3 is 4.40 Å². The quantitative estimate of drug-likeness (QED) is 0.107. The van der Waals surface area contributed by atoms with E-state index in [-0.39, 0.29) is 0 Å². The maximum Gasteiger partial charge on any atom is 0.224 e. The molecular formula is C31H29N2Si+. The number of pyridine rings is 2. The van der Waals surface area contributed by atoms with Gasteiger partial charge in [0, 0.05) is 16.8 Å². The zero-order chi connectivity index (χ0) is 23.5. The van der Waals surface area contributed by atoms with Crippen molar-refractivity contribution in [1.29, 1.82) is 0 Å². The van der Waals surface area contributed by atoms with Crippen molar-refractivity contribution < 1.29 is 4.57 Å². The van der Waals surface area contributed by atoms with Gasteiger partial charge in [0.15, 0.2) is 6.20 Å². The first-order valence-corrected chi connectivity index (χ1v) is 15.7. The minimum absolute atomic E-state index is 1.32. The molecule has 0 aliphatic rings. The van der Waals surface area contributed by atoms with E-state index in [2.05, 4.69) is 116 Å². The highest BCUT2D eigenvalue weighted by molar-refractivity contribution is 6.91. The van der Waals surface area contributed by atoms with Crippen LogP contribution in [-0.4, -0.2) is 12.5 Å². The Bertz CT molecular complexity index is 1970. The molecule has 2 nitrogen and oxygen atoms in total. The van der Waals surface area contributed by atoms with Crippen LogP contribution in [0.5, 0.6) is 0 Å². The molecule has 0 N–H and O–H groups in total. The molecule has 3 aromatic heterocycles. The topological polar surface area (TPSA) is 8.29 Å². The van der Waals surface area contributed by atoms with E-state index in [1.54, 1.807) is 5.19 Å². The van der Waals surface area contributed by atoms with Crippen LogP contribution < -0.4 is 9.75 Å². The Labute approximate surface area is 200 Å². The van der Waals surface area contributed by atoms with Gasteiger partial charge in [0.1, 0.15) is 7.05 Å². The molecule has 0 unspecified atom stereocenters. The first-order valence-electron chi connectivity index (χ1n) is 12.2. The van der Waals surface area contributed by atoms with E-state index in [1.165, 1.54) is 70.9 Å². The molecule has 0 fully saturated rings. The van der Waals surface area contributed by atoms with Crippen LogP contribution in [0.3, 0.4) is 0 Å². The van der Waals surface area contributed by atoms with Crippen LogP contribution in [0.2, 0.25) is 19.6 Å². The van der Waals surface area contributed by atoms with E-state index < -0.39 is 8.07 Å². The number of hydrogen-bond donors (Lipinski definition) is 0. The van der Waals surface area contributed by atoms with Crippen LogP contribution in [0.15, 0.2) is 66.9 Å². The summed E-state index contributed by atoms with van der Waals surface area (Å²) >= 11 is 0. The van der Waals surface area contributed by atoms with Crippen molar-refractivity contribution in [1.82, 2.24) is 4.40 Å². The number of rotatable bonds is 1. The third kappa shape index (κ3) is 2.28. The fourth-order valence-corrected chi connectivity index (χ4v) is 8.06. The molecule has 34 heavy (non-hydrogen) atoms. The summed E-state index contributed by atoms with van der Waals surface area (Å²) < 4.78 is 4.95. The summed E-state index contributed by atoms with van der Waals surface area (Å²) in [5, 5.41) is 11.2. The Hall–Kier alpha value is -3.43. The van der Waals surface area contributed by atoms with Crippen molar-refractivity contribution in [3.8, 4) is 0 Å². The van der Waals surface area contributed by atoms with Crippen molar-refractivity contribution in [3.05, 3.63) is 78.0 Å². The van der Waals surface area contributed by atoms with Gasteiger partial charge in [-0.25, -0.2) is 4.57 Å². The summed E-state index contributed by atoms with van der Waals surface area (Å²) in [5.41, 5.74) is 8.14. The van der Waals surface area contributed by atoms with E-state index in [9.17, 15) is 0 Å². The van der Waals surface area contributed by atoms with Gasteiger partial charge in [-0.15, -0.1) is 0 Å². The summed E-state index contributed by atoms with van der Waals surface area (Å²) in [6.07, 6.45) is 2.25. The van der Waals surface area contributed by atoms with Crippen LogP contribution in [0.4, 0.5) is 0 Å². The van der Waals surface area contributed by atoms with Crippen molar-refractivity contribution in [3.63, 3.8) is 0 Å². The zero-order valence-electron chi connectivity index (χ0n) is 20.7. The van der Waals surface area contributed by atoms with Gasteiger partial charge in [0.25, 0.3) is 0 Å². The molecule has 0 bridgehead atoms. The van der Waals surface area contributed by atoms with Gasteiger partial charge >= 0.3 is 0 Å². The molecule has 0 amide bonds. The average molecular weight is 458 g/mol. The lowest BCUT2D eigenvalue weighted by Crippen LogP contribution is -2.38. The first kappa shape index (κ1) is 20.0. The summed E-state index contributed by atoms with van der Waals surface area (Å²) in [6.45, 7) is 12.1. The number of fused-ring (bicyclic) bond motifs is 7. The SMILES string of the molecule is Cc1c2ccccc2c(C)c2c1c1c3c(cc[n+]1C)cc([Si](C)(C)C)c1c4ccccc4n2c13. The molecule has 3 heteroatoms. The zero-order valence-corrected chi connectivity index (χ0v) is 21.7. The second-order valence-electron chi connectivity index (χ2n) is 11.0. The molecular weight excluding hydrogens is 428 g/mol. The molecule has 0 spiro atoms. The maximum atomic E-state index is 2.60. The number of para-hydroxylation sites is 1. The van der Waals surface area contributed by atoms with Crippen LogP contribution in [0.1, 0.15) is 11.1 Å². The lowest BCUT2D eigenvalue weighted by molar-refractivity contribution is -0.643. The van der Waals surface area contributed by atoms with E-state index in [4.69, 9.17) is 0 Å². The Balaban J connectivity index is 1.99. The van der Waals surface area contributed by atoms with Crippen LogP contribution >= 0.6 is 0 Å². The predicted molar refractivity (Wildman–Crippen MR) is 150 cm³/mol. The second kappa shape index (κ2) is 6.37. The fourth-order valence-electron chi connectivity index (χ4n) is 6.47. The molecule has 0 aliphatic heterocycles. The molecule has 7 rings (SSSR count). The maximum absolute atomic E-state index is 2.60. The lowest BCUT2D eigenvalue weighted by atomic mass is 9.93. The molecule has 4 aromatic carbocycles. The monoisotopic (exact) mass is 457 g/mol. The molecule has 0 saturated heterocycles. The molecule has 0 aliphatic carbocycles. The Kier molecular flexibility index (Phi) is 3.74. The van der Waals surface area contributed by atoms with Gasteiger partial charge in [-0.3, -0.25) is 0 Å². The third-order valence-corrected chi connectivity index (χ3v) is 10.0. The van der Waals surface area contributed by atoms with Gasteiger partial charge in [-0.1, -0.05) is 68.2 Å². The van der Waals surface area contributed by atoms with E-state index >= 15 is 0 Å². The molecule has 3 heterocycles. The minimum Gasteiger partial charge on any atom is -0.307 e. The number of hydrogen-bond acceptors (Lipinski definition) is 0. The standard InChI is InChI=1S/C31H29N2Si/c1-18-21-11-7-8-12-22(21)19(2)29-26(18)30-27-20(15-16-32(30)3)17-25(34(4,5)6)28-23-13-9-10-14-24(23)33(29)31(27)28/h7-17H,1-6H3/q+1. The van der Waals surface area contributed by atoms with Gasteiger partial charge in [-0.05, 0) is 52.4 Å². The number of nitrogens with zero attached hydrogens (tertiary/aromatic N) is 2. The summed E-state index contributed by atoms with van der Waals surface area (Å²) in [6, 6.07) is 22.8. The Morgan fingerprint density at radius 2 is 1.35 bits per heavy atom. The molecule has 166 valence electrons. The van der Waals surface area contributed by atoms with Crippen LogP contribution in [0.25, 0.3) is 59.8 Å². The summed E-state index contributed by atoms with van der Waals surface area (Å²) in [7, 11) is 0.602. The normalized spacial score (nSPS) is 13.0. The van der Waals surface area contributed by atoms with Gasteiger partial charge in [0.2, 0.25) is 5.52 Å². The average Bonchev–Trinajstić information content (AvgIpc) is 3.17. The first-order chi connectivity index (χ1) is 16.3. The van der Waals surface area contributed by atoms with Gasteiger partial charge in [0.05, 0.1) is 35.4 Å². The number of aryl methyl sites for hydroxylation is 3. The summed E-state index contributed by atoms with van der Waals surface area (Å²) in [4.78, 5) is 0. The van der Waals surface area contributed by atoms with E-state index in [0.717, 1.165) is 0 Å². The molecule has 0 saturated carbocycles. The highest BCUT2D eigenvalue weighted by Crippen LogP contribution is 2.43. The van der Waals surface area contributed by atoms with E-state index in [0.29, 0.717) is 0 Å². The van der Waals surface area contributed by atoms with Crippen molar-refractivity contribution in [2.24, 2.45) is 7.05 Å². The largest absolute Gasteiger partial charge is 0.307 e. The smallest absolute Gasteiger partial charge is 0.224 e. The molecule has 0 atom stereocenters. The lowest BCUT2D eigenvalue weighted by Gasteiger charge is -2.21. The number of benzene rings is 4. The third-order valence-electron chi connectivity index (χ3n) is 8.01. The summed E-state index contributed by atoms with van der Waals surface area (Å²) in [5.74, 6) is 0. The molecule has 7 aromatic rings. The Morgan fingerprint density at radius 1 is 0.706 bits per heavy atom. The second-order valence-corrected chi connectivity index (χ2v) is 16.0. The van der Waals surface area contributed by atoms with Crippen LogP contribution in [0, 0.1) is 13.8 Å². The minimum atomic E-state index is -1.61. The highest BCUT2D eigenvalue weighted by atomic mass is 28.3. The van der Waals surface area contributed by atoms with Crippen molar-refractivity contribution >= 4 is 73.0 Å². The number of aromatic nitrogens is 2. The van der Waals surface area contributed by atoms with Crippen molar-refractivity contribution in [2.45, 2.75) is 33.5 Å². The predicted octanol–water partition coefficient (Wildman–Crippen LogP) is 7.13. The molecule has 0 radical (unpaired) electrons. The van der Waals surface area contributed by atoms with Crippen molar-refractivity contribution in [2.75, 3.05) is 0 Å². The van der Waals surface area contributed by atoms with E-state index in [1.807, 2.05) is 0 Å². The van der Waals surface area contributed by atoms with Crippen LogP contribution in [-0.2, 0) is 7.05 Å². The Morgan fingerprint density at radius 3 is 2.06 bits per heavy atom.